The van der Waals surface area contributed by atoms with Crippen LogP contribution in [0.5, 0.6) is 0 Å². The summed E-state index contributed by atoms with van der Waals surface area (Å²) >= 11 is 8.74. The normalized spacial score (nSPS) is 36.2. The van der Waals surface area contributed by atoms with Crippen molar-refractivity contribution in [1.82, 2.24) is 10.4 Å². The number of rotatable bonds is 2. The van der Waals surface area contributed by atoms with Crippen molar-refractivity contribution in [3.05, 3.63) is 39.9 Å². The zero-order chi connectivity index (χ0) is 20.6. The van der Waals surface area contributed by atoms with Gasteiger partial charge >= 0.3 is 0 Å². The van der Waals surface area contributed by atoms with Crippen molar-refractivity contribution in [2.45, 2.75) is 34.6 Å². The van der Waals surface area contributed by atoms with E-state index in [1.807, 2.05) is 24.3 Å². The van der Waals surface area contributed by atoms with Crippen LogP contribution in [0, 0.1) is 28.6 Å². The summed E-state index contributed by atoms with van der Waals surface area (Å²) in [7, 11) is 0. The molecule has 2 aliphatic carbocycles. The van der Waals surface area contributed by atoms with Crippen LogP contribution in [0.3, 0.4) is 0 Å². The van der Waals surface area contributed by atoms with Gasteiger partial charge in [0, 0.05) is 21.0 Å². The molecule has 1 saturated heterocycles. The van der Waals surface area contributed by atoms with Gasteiger partial charge in [0.25, 0.3) is 11.8 Å². The van der Waals surface area contributed by atoms with Crippen LogP contribution in [-0.2, 0) is 9.59 Å². The number of thiocarbonyl (C=S) groups is 1. The fourth-order valence-corrected chi connectivity index (χ4v) is 6.34. The van der Waals surface area contributed by atoms with Crippen molar-refractivity contribution in [2.75, 3.05) is 5.32 Å². The molecule has 7 heteroatoms. The van der Waals surface area contributed by atoms with E-state index >= 15 is 0 Å². The Morgan fingerprint density at radius 2 is 1.50 bits per heavy atom. The quantitative estimate of drug-likeness (QED) is 0.391. The number of carbonyl (C=O) groups is 2. The highest BCUT2D eigenvalue weighted by atomic mass is 79.9. The molecule has 2 N–H and O–H groups in total. The molecular formula is C21H24BrN3O2S. The number of amides is 2. The lowest BCUT2D eigenvalue weighted by atomic mass is 9.66. The summed E-state index contributed by atoms with van der Waals surface area (Å²) in [6, 6.07) is 7.50. The Morgan fingerprint density at radius 3 is 1.96 bits per heavy atom. The van der Waals surface area contributed by atoms with E-state index in [1.165, 1.54) is 11.1 Å². The van der Waals surface area contributed by atoms with Crippen molar-refractivity contribution in [2.24, 2.45) is 28.6 Å². The summed E-state index contributed by atoms with van der Waals surface area (Å²) in [6.45, 7) is 10.7. The van der Waals surface area contributed by atoms with E-state index in [0.717, 1.165) is 15.2 Å². The summed E-state index contributed by atoms with van der Waals surface area (Å²) in [5.74, 6) is -0.795. The highest BCUT2D eigenvalue weighted by Gasteiger charge is 2.75. The Morgan fingerprint density at radius 1 is 1.04 bits per heavy atom. The minimum Gasteiger partial charge on any atom is -0.331 e. The van der Waals surface area contributed by atoms with Gasteiger partial charge in [-0.3, -0.25) is 15.0 Å². The number of hydrogen-bond donors (Lipinski definition) is 2. The Labute approximate surface area is 179 Å². The number of anilines is 1. The number of fused-ring (bicyclic) bond motifs is 5. The van der Waals surface area contributed by atoms with E-state index < -0.39 is 0 Å². The topological polar surface area (TPSA) is 61.4 Å². The maximum absolute atomic E-state index is 13.3. The lowest BCUT2D eigenvalue weighted by molar-refractivity contribution is -0.144. The van der Waals surface area contributed by atoms with E-state index in [4.69, 9.17) is 12.2 Å². The van der Waals surface area contributed by atoms with E-state index in [0.29, 0.717) is 0 Å². The van der Waals surface area contributed by atoms with Crippen molar-refractivity contribution in [3.8, 4) is 0 Å². The highest BCUT2D eigenvalue weighted by Crippen LogP contribution is 2.73. The van der Waals surface area contributed by atoms with Crippen LogP contribution in [0.25, 0.3) is 0 Å². The lowest BCUT2D eigenvalue weighted by Gasteiger charge is -2.34. The number of hydrogen-bond acceptors (Lipinski definition) is 3. The monoisotopic (exact) mass is 461 g/mol. The molecule has 2 fully saturated rings. The number of allylic oxidation sites excluding steroid dienone is 2. The number of nitrogens with one attached hydrogen (secondary N) is 2. The van der Waals surface area contributed by atoms with Gasteiger partial charge in [-0.1, -0.05) is 47.8 Å². The fourth-order valence-electron chi connectivity index (χ4n) is 5.87. The van der Waals surface area contributed by atoms with Crippen LogP contribution in [0.2, 0.25) is 0 Å². The summed E-state index contributed by atoms with van der Waals surface area (Å²) in [5, 5.41) is 4.39. The second-order valence-corrected chi connectivity index (χ2v) is 9.90. The number of imide groups is 1. The Kier molecular flexibility index (Phi) is 4.29. The molecule has 5 nitrogen and oxygen atoms in total. The van der Waals surface area contributed by atoms with Crippen LogP contribution in [-0.4, -0.2) is 21.9 Å². The van der Waals surface area contributed by atoms with Crippen molar-refractivity contribution in [1.29, 1.82) is 0 Å². The van der Waals surface area contributed by atoms with E-state index in [9.17, 15) is 9.59 Å². The third-order valence-corrected chi connectivity index (χ3v) is 8.61. The first kappa shape index (κ1) is 19.6. The molecule has 0 radical (unpaired) electrons. The first-order valence-electron chi connectivity index (χ1n) is 9.44. The molecule has 1 heterocycles. The van der Waals surface area contributed by atoms with Gasteiger partial charge in [0.2, 0.25) is 0 Å². The van der Waals surface area contributed by atoms with Gasteiger partial charge in [-0.2, -0.15) is 5.01 Å². The molecule has 1 aliphatic heterocycles. The van der Waals surface area contributed by atoms with E-state index in [2.05, 4.69) is 61.3 Å². The second-order valence-electron chi connectivity index (χ2n) is 8.58. The van der Waals surface area contributed by atoms with Crippen molar-refractivity contribution < 1.29 is 9.59 Å². The zero-order valence-electron chi connectivity index (χ0n) is 16.6. The van der Waals surface area contributed by atoms with Crippen molar-refractivity contribution in [3.63, 3.8) is 0 Å². The first-order valence-corrected chi connectivity index (χ1v) is 10.6. The van der Waals surface area contributed by atoms with Gasteiger partial charge in [-0.25, -0.2) is 0 Å². The molecule has 3 aliphatic rings. The fraction of sp³-hybridized carbons (Fsp3) is 0.476. The second kappa shape index (κ2) is 6.13. The van der Waals surface area contributed by atoms with Crippen molar-refractivity contribution >= 4 is 50.8 Å². The van der Waals surface area contributed by atoms with Gasteiger partial charge in [0.15, 0.2) is 5.11 Å². The number of benzene rings is 1. The maximum atomic E-state index is 13.3. The minimum atomic E-state index is -0.341. The molecule has 148 valence electrons. The van der Waals surface area contributed by atoms with Gasteiger partial charge in [0.05, 0.1) is 11.8 Å². The summed E-state index contributed by atoms with van der Waals surface area (Å²) in [5.41, 5.74) is 5.53. The largest absolute Gasteiger partial charge is 0.331 e. The molecule has 1 aromatic rings. The maximum Gasteiger partial charge on any atom is 0.253 e. The molecule has 1 saturated carbocycles. The average molecular weight is 462 g/mol. The summed E-state index contributed by atoms with van der Waals surface area (Å²) in [4.78, 5) is 26.6. The molecule has 2 amide bonds. The van der Waals surface area contributed by atoms with Gasteiger partial charge in [-0.15, -0.1) is 0 Å². The van der Waals surface area contributed by atoms with E-state index in [-0.39, 0.29) is 45.5 Å². The van der Waals surface area contributed by atoms with Gasteiger partial charge in [-0.05, 0) is 56.2 Å². The molecular weight excluding hydrogens is 438 g/mol. The van der Waals surface area contributed by atoms with E-state index in [1.54, 1.807) is 0 Å². The molecule has 4 atom stereocenters. The molecule has 2 bridgehead atoms. The SMILES string of the molecule is CC1=C(C)C2(C)C3C(=O)N(NC(=S)Nc4ccc(Br)cc4)C(=O)C3C1(C)C2C. The van der Waals surface area contributed by atoms with Crippen LogP contribution in [0.4, 0.5) is 5.69 Å². The number of nitrogens with zero attached hydrogens (tertiary/aromatic N) is 1. The highest BCUT2D eigenvalue weighted by molar-refractivity contribution is 9.10. The smallest absolute Gasteiger partial charge is 0.253 e. The third-order valence-electron chi connectivity index (χ3n) is 7.89. The molecule has 0 aromatic heterocycles. The summed E-state index contributed by atoms with van der Waals surface area (Å²) < 4.78 is 0.957. The lowest BCUT2D eigenvalue weighted by Crippen LogP contribution is -2.50. The molecule has 28 heavy (non-hydrogen) atoms. The minimum absolute atomic E-state index is 0.181. The molecule has 0 spiro atoms. The predicted octanol–water partition coefficient (Wildman–Crippen LogP) is 4.26. The molecule has 4 rings (SSSR count). The number of halogens is 1. The van der Waals surface area contributed by atoms with Crippen LogP contribution in [0.15, 0.2) is 39.9 Å². The Hall–Kier alpha value is -1.73. The van der Waals surface area contributed by atoms with Crippen LogP contribution >= 0.6 is 28.1 Å². The summed E-state index contributed by atoms with van der Waals surface area (Å²) in [6.07, 6.45) is 0. The first-order chi connectivity index (χ1) is 13.0. The standard InChI is InChI=1S/C21H24BrN3O2S/c1-10-11(2)21(5)12(3)20(10,4)15-16(21)18(27)25(17(15)26)24-19(28)23-14-8-6-13(22)7-9-14/h6-9,12,15-16H,1-5H3,(H2,23,24,28). The third kappa shape index (κ3) is 2.26. The Balaban J connectivity index is 1.59. The predicted molar refractivity (Wildman–Crippen MR) is 116 cm³/mol. The zero-order valence-corrected chi connectivity index (χ0v) is 19.0. The number of hydrazine groups is 1. The number of carbonyl (C=O) groups excluding carboxylic acids is 2. The Bertz CT molecular complexity index is 899. The average Bonchev–Trinajstić information content (AvgIpc) is 3.06. The van der Waals surface area contributed by atoms with Crippen LogP contribution < -0.4 is 10.7 Å². The molecule has 4 unspecified atom stereocenters. The molecule has 1 aromatic carbocycles. The van der Waals surface area contributed by atoms with Gasteiger partial charge in [0.1, 0.15) is 0 Å². The van der Waals surface area contributed by atoms with Gasteiger partial charge < -0.3 is 5.32 Å². The van der Waals surface area contributed by atoms with Crippen LogP contribution in [0.1, 0.15) is 34.6 Å².